The summed E-state index contributed by atoms with van der Waals surface area (Å²) in [6.45, 7) is 3.58. The van der Waals surface area contributed by atoms with E-state index in [2.05, 4.69) is 26.5 Å². The number of hydrogen-bond acceptors (Lipinski definition) is 5. The third-order valence-electron chi connectivity index (χ3n) is 4.11. The molecule has 3 rings (SSSR count). The fraction of sp³-hybridized carbons (Fsp3) is 0.500. The minimum atomic E-state index is -0.0688. The Morgan fingerprint density at radius 3 is 2.91 bits per heavy atom. The summed E-state index contributed by atoms with van der Waals surface area (Å²) in [6, 6.07) is 4.01. The summed E-state index contributed by atoms with van der Waals surface area (Å²) < 4.78 is 4.99. The van der Waals surface area contributed by atoms with Gasteiger partial charge in [0.25, 0.3) is 0 Å². The van der Waals surface area contributed by atoms with E-state index >= 15 is 0 Å². The molecule has 1 saturated heterocycles. The number of likely N-dealkylation sites (tertiary alicyclic amines) is 1. The van der Waals surface area contributed by atoms with Crippen molar-refractivity contribution >= 4 is 6.03 Å². The molecule has 122 valence electrons. The van der Waals surface area contributed by atoms with Gasteiger partial charge < -0.3 is 14.7 Å². The van der Waals surface area contributed by atoms with E-state index in [1.807, 2.05) is 17.2 Å². The summed E-state index contributed by atoms with van der Waals surface area (Å²) in [4.78, 5) is 22.2. The van der Waals surface area contributed by atoms with Crippen LogP contribution >= 0.6 is 0 Å². The first-order valence-electron chi connectivity index (χ1n) is 7.91. The predicted octanol–water partition coefficient (Wildman–Crippen LogP) is 1.94. The Labute approximate surface area is 135 Å². The Morgan fingerprint density at radius 2 is 2.26 bits per heavy atom. The molecule has 2 aromatic heterocycles. The predicted molar refractivity (Wildman–Crippen MR) is 83.5 cm³/mol. The summed E-state index contributed by atoms with van der Waals surface area (Å²) in [5, 5.41) is 6.53. The topological polar surface area (TPSA) is 84.2 Å². The summed E-state index contributed by atoms with van der Waals surface area (Å²) >= 11 is 0. The number of carbonyl (C=O) groups is 1. The molecular formula is C16H21N5O2. The number of aromatic nitrogens is 3. The molecule has 7 nitrogen and oxygen atoms in total. The number of nitrogens with zero attached hydrogens (tertiary/aromatic N) is 4. The Balaban J connectivity index is 1.42. The van der Waals surface area contributed by atoms with E-state index in [9.17, 15) is 4.79 Å². The zero-order valence-electron chi connectivity index (χ0n) is 13.2. The van der Waals surface area contributed by atoms with Crippen LogP contribution in [0, 0.1) is 12.8 Å². The largest absolute Gasteiger partial charge is 0.337 e. The van der Waals surface area contributed by atoms with Gasteiger partial charge in [-0.1, -0.05) is 11.2 Å². The number of pyridine rings is 1. The van der Waals surface area contributed by atoms with E-state index < -0.39 is 0 Å². The monoisotopic (exact) mass is 315 g/mol. The van der Waals surface area contributed by atoms with Crippen molar-refractivity contribution < 1.29 is 9.32 Å². The quantitative estimate of drug-likeness (QED) is 0.932. The Morgan fingerprint density at radius 1 is 1.43 bits per heavy atom. The van der Waals surface area contributed by atoms with Crippen molar-refractivity contribution in [2.45, 2.75) is 32.7 Å². The third-order valence-corrected chi connectivity index (χ3v) is 4.11. The SMILES string of the molecule is Cc1noc(CNC(=O)N2CCC(Cc3cccnc3)CC2)n1. The normalized spacial score (nSPS) is 15.6. The highest BCUT2D eigenvalue weighted by atomic mass is 16.5. The number of nitrogens with one attached hydrogen (secondary N) is 1. The van der Waals surface area contributed by atoms with Crippen LogP contribution in [0.3, 0.4) is 0 Å². The van der Waals surface area contributed by atoms with Crippen LogP contribution in [0.2, 0.25) is 0 Å². The minimum absolute atomic E-state index is 0.0688. The highest BCUT2D eigenvalue weighted by molar-refractivity contribution is 5.74. The smallest absolute Gasteiger partial charge is 0.317 e. The first-order valence-corrected chi connectivity index (χ1v) is 7.91. The number of urea groups is 1. The zero-order chi connectivity index (χ0) is 16.1. The van der Waals surface area contributed by atoms with E-state index in [0.717, 1.165) is 32.4 Å². The van der Waals surface area contributed by atoms with E-state index in [1.54, 1.807) is 13.1 Å². The average Bonchev–Trinajstić information content (AvgIpc) is 3.00. The lowest BCUT2D eigenvalue weighted by Gasteiger charge is -2.31. The van der Waals surface area contributed by atoms with Crippen molar-refractivity contribution in [2.24, 2.45) is 5.92 Å². The summed E-state index contributed by atoms with van der Waals surface area (Å²) in [5.41, 5.74) is 1.27. The number of hydrogen-bond donors (Lipinski definition) is 1. The van der Waals surface area contributed by atoms with Crippen molar-refractivity contribution in [1.29, 1.82) is 0 Å². The van der Waals surface area contributed by atoms with Crippen LogP contribution in [0.4, 0.5) is 4.79 Å². The van der Waals surface area contributed by atoms with Gasteiger partial charge in [-0.05, 0) is 43.7 Å². The molecule has 0 bridgehead atoms. The molecule has 3 heterocycles. The number of rotatable bonds is 4. The molecule has 1 N–H and O–H groups in total. The molecule has 0 unspecified atom stereocenters. The number of carbonyl (C=O) groups excluding carboxylic acids is 1. The number of piperidine rings is 1. The van der Waals surface area contributed by atoms with Crippen molar-refractivity contribution in [3.8, 4) is 0 Å². The molecule has 0 spiro atoms. The average molecular weight is 315 g/mol. The molecule has 0 atom stereocenters. The second-order valence-electron chi connectivity index (χ2n) is 5.89. The molecule has 0 aliphatic carbocycles. The fourth-order valence-corrected chi connectivity index (χ4v) is 2.87. The van der Waals surface area contributed by atoms with Gasteiger partial charge in [0.05, 0.1) is 6.54 Å². The number of amides is 2. The Kier molecular flexibility index (Phi) is 4.85. The van der Waals surface area contributed by atoms with Crippen molar-refractivity contribution in [3.05, 3.63) is 41.8 Å². The second kappa shape index (κ2) is 7.21. The maximum atomic E-state index is 12.2. The van der Waals surface area contributed by atoms with Crippen LogP contribution in [-0.2, 0) is 13.0 Å². The highest BCUT2D eigenvalue weighted by Crippen LogP contribution is 2.21. The van der Waals surface area contributed by atoms with Gasteiger partial charge in [-0.2, -0.15) is 4.98 Å². The molecule has 7 heteroatoms. The summed E-state index contributed by atoms with van der Waals surface area (Å²) in [7, 11) is 0. The van der Waals surface area contributed by atoms with Gasteiger partial charge >= 0.3 is 6.03 Å². The van der Waals surface area contributed by atoms with Gasteiger partial charge in [-0.3, -0.25) is 4.98 Å². The fourth-order valence-electron chi connectivity index (χ4n) is 2.87. The molecule has 0 radical (unpaired) electrons. The molecule has 1 aliphatic heterocycles. The molecular weight excluding hydrogens is 294 g/mol. The van der Waals surface area contributed by atoms with E-state index in [0.29, 0.717) is 17.6 Å². The second-order valence-corrected chi connectivity index (χ2v) is 5.89. The molecule has 1 fully saturated rings. The lowest BCUT2D eigenvalue weighted by Crippen LogP contribution is -2.44. The first kappa shape index (κ1) is 15.5. The van der Waals surface area contributed by atoms with Gasteiger partial charge in [0, 0.05) is 25.5 Å². The van der Waals surface area contributed by atoms with Gasteiger partial charge in [-0.25, -0.2) is 4.79 Å². The maximum Gasteiger partial charge on any atom is 0.317 e. The van der Waals surface area contributed by atoms with Crippen molar-refractivity contribution in [1.82, 2.24) is 25.3 Å². The van der Waals surface area contributed by atoms with Gasteiger partial charge in [0.2, 0.25) is 5.89 Å². The van der Waals surface area contributed by atoms with Gasteiger partial charge in [-0.15, -0.1) is 0 Å². The number of aryl methyl sites for hydroxylation is 1. The van der Waals surface area contributed by atoms with Crippen LogP contribution < -0.4 is 5.32 Å². The standard InChI is InChI=1S/C16H21N5O2/c1-12-19-15(23-20-12)11-18-16(22)21-7-4-13(5-8-21)9-14-3-2-6-17-10-14/h2-3,6,10,13H,4-5,7-9,11H2,1H3,(H,18,22). The minimum Gasteiger partial charge on any atom is -0.337 e. The Hall–Kier alpha value is -2.44. The zero-order valence-corrected chi connectivity index (χ0v) is 13.2. The van der Waals surface area contributed by atoms with Gasteiger partial charge in [0.15, 0.2) is 5.82 Å². The van der Waals surface area contributed by atoms with Crippen LogP contribution in [0.25, 0.3) is 0 Å². The van der Waals surface area contributed by atoms with Crippen LogP contribution in [0.1, 0.15) is 30.1 Å². The van der Waals surface area contributed by atoms with Crippen LogP contribution in [0.5, 0.6) is 0 Å². The lowest BCUT2D eigenvalue weighted by atomic mass is 9.91. The molecule has 2 amide bonds. The van der Waals surface area contributed by atoms with Crippen molar-refractivity contribution in [3.63, 3.8) is 0 Å². The first-order chi connectivity index (χ1) is 11.2. The van der Waals surface area contributed by atoms with E-state index in [4.69, 9.17) is 4.52 Å². The van der Waals surface area contributed by atoms with Crippen molar-refractivity contribution in [2.75, 3.05) is 13.1 Å². The third kappa shape index (κ3) is 4.28. The van der Waals surface area contributed by atoms with Gasteiger partial charge in [0.1, 0.15) is 0 Å². The molecule has 1 aliphatic rings. The molecule has 2 aromatic rings. The van der Waals surface area contributed by atoms with Crippen LogP contribution in [0.15, 0.2) is 29.0 Å². The van der Waals surface area contributed by atoms with E-state index in [-0.39, 0.29) is 12.6 Å². The lowest BCUT2D eigenvalue weighted by molar-refractivity contribution is 0.168. The van der Waals surface area contributed by atoms with Crippen LogP contribution in [-0.4, -0.2) is 39.1 Å². The molecule has 0 saturated carbocycles. The maximum absolute atomic E-state index is 12.2. The highest BCUT2D eigenvalue weighted by Gasteiger charge is 2.23. The summed E-state index contributed by atoms with van der Waals surface area (Å²) in [5.74, 6) is 1.62. The molecule has 0 aromatic carbocycles. The Bertz CT molecular complexity index is 635. The molecule has 23 heavy (non-hydrogen) atoms. The summed E-state index contributed by atoms with van der Waals surface area (Å²) in [6.07, 6.45) is 6.78. The van der Waals surface area contributed by atoms with E-state index in [1.165, 1.54) is 5.56 Å².